The van der Waals surface area contributed by atoms with Crippen LogP contribution in [0.2, 0.25) is 0 Å². The summed E-state index contributed by atoms with van der Waals surface area (Å²) in [5.74, 6) is 1.52. The number of aromatic nitrogens is 1. The number of carbonyl (C=O) groups excluding carboxylic acids is 1. The highest BCUT2D eigenvalue weighted by Crippen LogP contribution is 2.20. The van der Waals surface area contributed by atoms with Crippen molar-refractivity contribution in [3.05, 3.63) is 30.1 Å². The number of hydrogen-bond acceptors (Lipinski definition) is 3. The van der Waals surface area contributed by atoms with Crippen molar-refractivity contribution in [2.45, 2.75) is 26.7 Å². The maximum Gasteiger partial charge on any atom is 0.236 e. The maximum atomic E-state index is 12.4. The molecule has 2 heterocycles. The van der Waals surface area contributed by atoms with E-state index in [2.05, 4.69) is 23.7 Å². The van der Waals surface area contributed by atoms with Crippen LogP contribution in [0.15, 0.2) is 24.5 Å². The summed E-state index contributed by atoms with van der Waals surface area (Å²) in [4.78, 5) is 20.6. The fraction of sp³-hybridized carbons (Fsp3) is 0.647. The molecule has 0 saturated carbocycles. The van der Waals surface area contributed by atoms with Crippen LogP contribution in [0.4, 0.5) is 0 Å². The van der Waals surface area contributed by atoms with Crippen molar-refractivity contribution in [1.82, 2.24) is 14.8 Å². The first-order valence-electron chi connectivity index (χ1n) is 7.90. The third-order valence-corrected chi connectivity index (χ3v) is 4.16. The molecule has 21 heavy (non-hydrogen) atoms. The van der Waals surface area contributed by atoms with Crippen LogP contribution in [-0.2, 0) is 11.2 Å². The van der Waals surface area contributed by atoms with Crippen LogP contribution in [0, 0.1) is 11.8 Å². The van der Waals surface area contributed by atoms with Crippen LogP contribution in [-0.4, -0.2) is 53.9 Å². The zero-order valence-corrected chi connectivity index (χ0v) is 13.5. The van der Waals surface area contributed by atoms with Crippen molar-refractivity contribution >= 4 is 5.91 Å². The van der Waals surface area contributed by atoms with E-state index in [0.717, 1.165) is 26.1 Å². The number of amides is 1. The highest BCUT2D eigenvalue weighted by atomic mass is 16.2. The van der Waals surface area contributed by atoms with Crippen molar-refractivity contribution < 1.29 is 4.79 Å². The van der Waals surface area contributed by atoms with Crippen LogP contribution < -0.4 is 0 Å². The average molecular weight is 289 g/mol. The quantitative estimate of drug-likeness (QED) is 0.832. The highest BCUT2D eigenvalue weighted by molar-refractivity contribution is 5.78. The zero-order chi connectivity index (χ0) is 15.2. The minimum absolute atomic E-state index is 0.269. The van der Waals surface area contributed by atoms with Gasteiger partial charge in [0, 0.05) is 32.0 Å². The average Bonchev–Trinajstić information content (AvgIpc) is 2.45. The molecule has 0 spiro atoms. The van der Waals surface area contributed by atoms with Gasteiger partial charge in [-0.15, -0.1) is 0 Å². The lowest BCUT2D eigenvalue weighted by molar-refractivity contribution is -0.134. The Bertz CT molecular complexity index is 439. The van der Waals surface area contributed by atoms with Gasteiger partial charge < -0.3 is 4.90 Å². The van der Waals surface area contributed by atoms with Crippen molar-refractivity contribution in [3.63, 3.8) is 0 Å². The van der Waals surface area contributed by atoms with E-state index >= 15 is 0 Å². The molecule has 1 aliphatic heterocycles. The van der Waals surface area contributed by atoms with Gasteiger partial charge in [-0.1, -0.05) is 13.8 Å². The molecule has 0 unspecified atom stereocenters. The molecule has 1 fully saturated rings. The van der Waals surface area contributed by atoms with Crippen molar-refractivity contribution in [2.75, 3.05) is 33.2 Å². The molecule has 1 amide bonds. The van der Waals surface area contributed by atoms with E-state index in [4.69, 9.17) is 0 Å². The standard InChI is InChI=1S/C17H27N3O/c1-14-10-15(2)12-20(11-14)17(21)13-19(3)9-6-16-4-7-18-8-5-16/h4-5,7-8,14-15H,6,9-13H2,1-3H3/t14-,15-/m1/s1. The number of pyridine rings is 1. The van der Waals surface area contributed by atoms with Crippen LogP contribution in [0.25, 0.3) is 0 Å². The molecule has 2 rings (SSSR count). The van der Waals surface area contributed by atoms with E-state index in [0.29, 0.717) is 18.4 Å². The second-order valence-corrected chi connectivity index (χ2v) is 6.59. The Morgan fingerprint density at radius 3 is 2.52 bits per heavy atom. The van der Waals surface area contributed by atoms with E-state index in [1.165, 1.54) is 12.0 Å². The van der Waals surface area contributed by atoms with Gasteiger partial charge >= 0.3 is 0 Å². The lowest BCUT2D eigenvalue weighted by atomic mass is 9.92. The predicted molar refractivity (Wildman–Crippen MR) is 85.0 cm³/mol. The number of piperidine rings is 1. The SMILES string of the molecule is C[C@@H]1C[C@@H](C)CN(C(=O)CN(C)CCc2ccncc2)C1. The van der Waals surface area contributed by atoms with Gasteiger partial charge in [-0.05, 0) is 49.4 Å². The minimum atomic E-state index is 0.269. The first kappa shape index (κ1) is 16.0. The van der Waals surface area contributed by atoms with Crippen LogP contribution in [0.1, 0.15) is 25.8 Å². The Balaban J connectivity index is 1.76. The van der Waals surface area contributed by atoms with E-state index in [9.17, 15) is 4.79 Å². The van der Waals surface area contributed by atoms with Gasteiger partial charge in [0.1, 0.15) is 0 Å². The first-order chi connectivity index (χ1) is 10.0. The number of hydrogen-bond donors (Lipinski definition) is 0. The second kappa shape index (κ2) is 7.55. The smallest absolute Gasteiger partial charge is 0.236 e. The van der Waals surface area contributed by atoms with Crippen molar-refractivity contribution in [1.29, 1.82) is 0 Å². The largest absolute Gasteiger partial charge is 0.341 e. The summed E-state index contributed by atoms with van der Waals surface area (Å²) in [6.45, 7) is 7.73. The van der Waals surface area contributed by atoms with Crippen molar-refractivity contribution in [2.24, 2.45) is 11.8 Å². The van der Waals surface area contributed by atoms with Crippen LogP contribution in [0.3, 0.4) is 0 Å². The molecule has 4 heteroatoms. The number of carbonyl (C=O) groups is 1. The Morgan fingerprint density at radius 1 is 1.29 bits per heavy atom. The topological polar surface area (TPSA) is 36.4 Å². The van der Waals surface area contributed by atoms with Gasteiger partial charge in [-0.3, -0.25) is 14.7 Å². The number of nitrogens with zero attached hydrogens (tertiary/aromatic N) is 3. The number of likely N-dealkylation sites (N-methyl/N-ethyl adjacent to an activating group) is 1. The van der Waals surface area contributed by atoms with Crippen molar-refractivity contribution in [3.8, 4) is 0 Å². The fourth-order valence-electron chi connectivity index (χ4n) is 3.15. The van der Waals surface area contributed by atoms with E-state index in [1.54, 1.807) is 0 Å². The van der Waals surface area contributed by atoms with E-state index in [-0.39, 0.29) is 5.91 Å². The summed E-state index contributed by atoms with van der Waals surface area (Å²) < 4.78 is 0. The Kier molecular flexibility index (Phi) is 5.74. The Hall–Kier alpha value is -1.42. The van der Waals surface area contributed by atoms with E-state index < -0.39 is 0 Å². The third-order valence-electron chi connectivity index (χ3n) is 4.16. The summed E-state index contributed by atoms with van der Waals surface area (Å²) in [6, 6.07) is 4.06. The van der Waals surface area contributed by atoms with Gasteiger partial charge in [-0.25, -0.2) is 0 Å². The van der Waals surface area contributed by atoms with Gasteiger partial charge in [0.05, 0.1) is 6.54 Å². The molecule has 2 atom stereocenters. The summed E-state index contributed by atoms with van der Waals surface area (Å²) >= 11 is 0. The monoisotopic (exact) mass is 289 g/mol. The third kappa shape index (κ3) is 5.12. The lowest BCUT2D eigenvalue weighted by Crippen LogP contribution is -2.46. The molecule has 0 N–H and O–H groups in total. The molecular formula is C17H27N3O. The molecule has 0 aromatic carbocycles. The maximum absolute atomic E-state index is 12.4. The molecule has 1 saturated heterocycles. The molecule has 1 aromatic rings. The number of likely N-dealkylation sites (tertiary alicyclic amines) is 1. The van der Waals surface area contributed by atoms with E-state index in [1.807, 2.05) is 36.5 Å². The Morgan fingerprint density at radius 2 is 1.90 bits per heavy atom. The molecule has 1 aromatic heterocycles. The predicted octanol–water partition coefficient (Wildman–Crippen LogP) is 2.06. The molecular weight excluding hydrogens is 262 g/mol. The lowest BCUT2D eigenvalue weighted by Gasteiger charge is -2.35. The second-order valence-electron chi connectivity index (χ2n) is 6.59. The van der Waals surface area contributed by atoms with Gasteiger partial charge in [0.25, 0.3) is 0 Å². The Labute approximate surface area is 128 Å². The molecule has 0 aliphatic carbocycles. The summed E-state index contributed by atoms with van der Waals surface area (Å²) in [5, 5.41) is 0. The normalized spacial score (nSPS) is 22.6. The molecule has 0 radical (unpaired) electrons. The summed E-state index contributed by atoms with van der Waals surface area (Å²) in [5.41, 5.74) is 1.27. The number of rotatable bonds is 5. The summed E-state index contributed by atoms with van der Waals surface area (Å²) in [6.07, 6.45) is 5.83. The summed E-state index contributed by atoms with van der Waals surface area (Å²) in [7, 11) is 2.02. The minimum Gasteiger partial charge on any atom is -0.341 e. The van der Waals surface area contributed by atoms with Gasteiger partial charge in [0.2, 0.25) is 5.91 Å². The zero-order valence-electron chi connectivity index (χ0n) is 13.5. The molecule has 116 valence electrons. The van der Waals surface area contributed by atoms with Crippen LogP contribution >= 0.6 is 0 Å². The van der Waals surface area contributed by atoms with Gasteiger partial charge in [-0.2, -0.15) is 0 Å². The van der Waals surface area contributed by atoms with Gasteiger partial charge in [0.15, 0.2) is 0 Å². The first-order valence-corrected chi connectivity index (χ1v) is 7.90. The fourth-order valence-corrected chi connectivity index (χ4v) is 3.15. The highest BCUT2D eigenvalue weighted by Gasteiger charge is 2.25. The molecule has 4 nitrogen and oxygen atoms in total. The molecule has 0 bridgehead atoms. The molecule has 1 aliphatic rings. The van der Waals surface area contributed by atoms with Crippen LogP contribution in [0.5, 0.6) is 0 Å².